The first kappa shape index (κ1) is 13.3. The van der Waals surface area contributed by atoms with E-state index in [9.17, 15) is 5.11 Å². The van der Waals surface area contributed by atoms with Crippen LogP contribution in [0.25, 0.3) is 11.4 Å². The Morgan fingerprint density at radius 1 is 1.19 bits per heavy atom. The van der Waals surface area contributed by atoms with E-state index in [1.807, 2.05) is 5.38 Å². The Bertz CT molecular complexity index is 746. The quantitative estimate of drug-likeness (QED) is 0.771. The van der Waals surface area contributed by atoms with Crippen molar-refractivity contribution >= 4 is 23.0 Å². The summed E-state index contributed by atoms with van der Waals surface area (Å²) in [5, 5.41) is 14.7. The molecule has 0 radical (unpaired) electrons. The molecule has 2 heterocycles. The highest BCUT2D eigenvalue weighted by Gasteiger charge is 2.06. The van der Waals surface area contributed by atoms with Crippen molar-refractivity contribution in [1.82, 2.24) is 15.0 Å². The van der Waals surface area contributed by atoms with Gasteiger partial charge in [-0.3, -0.25) is 0 Å². The zero-order valence-electron chi connectivity index (χ0n) is 11.1. The first-order valence-corrected chi connectivity index (χ1v) is 7.06. The molecule has 0 bridgehead atoms. The molecule has 6 nitrogen and oxygen atoms in total. The number of ether oxygens (including phenoxy) is 1. The minimum atomic E-state index is 0.0538. The smallest absolute Gasteiger partial charge is 0.227 e. The Labute approximate surface area is 125 Å². The van der Waals surface area contributed by atoms with Crippen LogP contribution in [-0.2, 0) is 0 Å². The van der Waals surface area contributed by atoms with Crippen LogP contribution in [0.15, 0.2) is 41.4 Å². The fourth-order valence-corrected chi connectivity index (χ4v) is 2.34. The summed E-state index contributed by atoms with van der Waals surface area (Å²) in [6.45, 7) is 0. The van der Waals surface area contributed by atoms with Crippen molar-refractivity contribution in [2.75, 3.05) is 12.4 Å². The molecule has 0 amide bonds. The van der Waals surface area contributed by atoms with Crippen LogP contribution in [0.4, 0.5) is 11.6 Å². The number of thiazole rings is 1. The summed E-state index contributed by atoms with van der Waals surface area (Å²) < 4.78 is 5.00. The summed E-state index contributed by atoms with van der Waals surface area (Å²) >= 11 is 1.51. The van der Waals surface area contributed by atoms with Crippen molar-refractivity contribution in [3.8, 4) is 22.9 Å². The molecule has 106 valence electrons. The lowest BCUT2D eigenvalue weighted by Gasteiger charge is -2.08. The number of methoxy groups -OCH3 is 1. The van der Waals surface area contributed by atoms with Gasteiger partial charge in [-0.25, -0.2) is 15.0 Å². The van der Waals surface area contributed by atoms with Crippen LogP contribution in [0.5, 0.6) is 11.5 Å². The maximum atomic E-state index is 9.76. The number of hydrogen-bond acceptors (Lipinski definition) is 7. The number of phenolic OH excluding ortho intramolecular Hbond substituents is 1. The highest BCUT2D eigenvalue weighted by Crippen LogP contribution is 2.29. The van der Waals surface area contributed by atoms with Gasteiger partial charge in [-0.1, -0.05) is 0 Å². The molecule has 0 saturated heterocycles. The van der Waals surface area contributed by atoms with Crippen molar-refractivity contribution in [3.63, 3.8) is 0 Å². The third-order valence-electron chi connectivity index (χ3n) is 2.79. The largest absolute Gasteiger partial charge is 0.504 e. The number of phenols is 1. The number of anilines is 2. The fourth-order valence-electron chi connectivity index (χ4n) is 1.80. The highest BCUT2D eigenvalue weighted by atomic mass is 32.1. The summed E-state index contributed by atoms with van der Waals surface area (Å²) in [6.07, 6.45) is 1.66. The van der Waals surface area contributed by atoms with Crippen LogP contribution in [0.1, 0.15) is 0 Å². The summed E-state index contributed by atoms with van der Waals surface area (Å²) in [5.41, 5.74) is 3.98. The zero-order valence-corrected chi connectivity index (χ0v) is 12.0. The van der Waals surface area contributed by atoms with E-state index in [2.05, 4.69) is 20.3 Å². The Morgan fingerprint density at radius 2 is 2.10 bits per heavy atom. The van der Waals surface area contributed by atoms with E-state index in [1.54, 1.807) is 36.0 Å². The lowest BCUT2D eigenvalue weighted by molar-refractivity contribution is 0.373. The molecule has 0 saturated carbocycles. The molecular weight excluding hydrogens is 288 g/mol. The molecule has 2 N–H and O–H groups in total. The van der Waals surface area contributed by atoms with Crippen LogP contribution in [0.2, 0.25) is 0 Å². The van der Waals surface area contributed by atoms with Crippen molar-refractivity contribution in [3.05, 3.63) is 41.4 Å². The number of nitrogens with one attached hydrogen (secondary N) is 1. The number of hydrogen-bond donors (Lipinski definition) is 2. The highest BCUT2D eigenvalue weighted by molar-refractivity contribution is 7.07. The Kier molecular flexibility index (Phi) is 3.65. The van der Waals surface area contributed by atoms with Crippen LogP contribution in [-0.4, -0.2) is 27.2 Å². The predicted molar refractivity (Wildman–Crippen MR) is 81.1 cm³/mol. The monoisotopic (exact) mass is 300 g/mol. The molecule has 0 spiro atoms. The van der Waals surface area contributed by atoms with E-state index in [-0.39, 0.29) is 5.75 Å². The molecule has 3 rings (SSSR count). The molecule has 0 atom stereocenters. The van der Waals surface area contributed by atoms with E-state index < -0.39 is 0 Å². The number of nitrogens with zero attached hydrogens (tertiary/aromatic N) is 3. The standard InChI is InChI=1S/C14H12N4O2S/c1-20-13-3-2-9(6-12(13)19)17-14-15-5-4-10(18-14)11-7-21-8-16-11/h2-8,19H,1H3,(H,15,17,18). The number of aromatic hydroxyl groups is 1. The molecule has 21 heavy (non-hydrogen) atoms. The average molecular weight is 300 g/mol. The van der Waals surface area contributed by atoms with Crippen LogP contribution >= 0.6 is 11.3 Å². The molecule has 0 unspecified atom stereocenters. The SMILES string of the molecule is COc1ccc(Nc2nccc(-c3cscn3)n2)cc1O. The normalized spacial score (nSPS) is 10.3. The van der Waals surface area contributed by atoms with E-state index in [4.69, 9.17) is 4.74 Å². The number of aromatic nitrogens is 3. The molecule has 3 aromatic rings. The second-order valence-corrected chi connectivity index (χ2v) is 4.87. The van der Waals surface area contributed by atoms with Crippen molar-refractivity contribution in [2.24, 2.45) is 0 Å². The van der Waals surface area contributed by atoms with E-state index in [0.717, 1.165) is 11.4 Å². The predicted octanol–water partition coefficient (Wildman–Crippen LogP) is 3.06. The van der Waals surface area contributed by atoms with E-state index in [0.29, 0.717) is 17.4 Å². The molecular formula is C14H12N4O2S. The summed E-state index contributed by atoms with van der Waals surface area (Å²) in [7, 11) is 1.50. The molecule has 0 aliphatic heterocycles. The van der Waals surface area contributed by atoms with E-state index in [1.165, 1.54) is 18.4 Å². The van der Waals surface area contributed by atoms with Gasteiger partial charge in [0.25, 0.3) is 0 Å². The van der Waals surface area contributed by atoms with Gasteiger partial charge in [0.1, 0.15) is 0 Å². The Hall–Kier alpha value is -2.67. The third-order valence-corrected chi connectivity index (χ3v) is 3.37. The minimum absolute atomic E-state index is 0.0538. The number of benzene rings is 1. The zero-order chi connectivity index (χ0) is 14.7. The van der Waals surface area contributed by atoms with Crippen LogP contribution in [0.3, 0.4) is 0 Å². The van der Waals surface area contributed by atoms with Gasteiger partial charge >= 0.3 is 0 Å². The molecule has 0 aliphatic rings. The van der Waals surface area contributed by atoms with Gasteiger partial charge in [0.2, 0.25) is 5.95 Å². The topological polar surface area (TPSA) is 80.2 Å². The van der Waals surface area contributed by atoms with Gasteiger partial charge in [-0.15, -0.1) is 11.3 Å². The number of rotatable bonds is 4. The average Bonchev–Trinajstić information content (AvgIpc) is 3.02. The van der Waals surface area contributed by atoms with Crippen molar-refractivity contribution < 1.29 is 9.84 Å². The van der Waals surface area contributed by atoms with Gasteiger partial charge in [-0.05, 0) is 18.2 Å². The molecule has 0 aliphatic carbocycles. The minimum Gasteiger partial charge on any atom is -0.504 e. The van der Waals surface area contributed by atoms with Crippen molar-refractivity contribution in [1.29, 1.82) is 0 Å². The maximum Gasteiger partial charge on any atom is 0.227 e. The Morgan fingerprint density at radius 3 is 2.81 bits per heavy atom. The van der Waals surface area contributed by atoms with Crippen LogP contribution in [0, 0.1) is 0 Å². The summed E-state index contributed by atoms with van der Waals surface area (Å²) in [6, 6.07) is 6.79. The fraction of sp³-hybridized carbons (Fsp3) is 0.0714. The van der Waals surface area contributed by atoms with Crippen molar-refractivity contribution in [2.45, 2.75) is 0 Å². The molecule has 2 aromatic heterocycles. The first-order valence-electron chi connectivity index (χ1n) is 6.12. The van der Waals surface area contributed by atoms with Gasteiger partial charge in [0.05, 0.1) is 24.0 Å². The second kappa shape index (κ2) is 5.76. The lowest BCUT2D eigenvalue weighted by atomic mass is 10.3. The first-order chi connectivity index (χ1) is 10.3. The molecule has 7 heteroatoms. The van der Waals surface area contributed by atoms with Gasteiger partial charge < -0.3 is 15.2 Å². The van der Waals surface area contributed by atoms with Gasteiger partial charge in [-0.2, -0.15) is 0 Å². The second-order valence-electron chi connectivity index (χ2n) is 4.15. The lowest BCUT2D eigenvalue weighted by Crippen LogP contribution is -1.98. The van der Waals surface area contributed by atoms with Gasteiger partial charge in [0.15, 0.2) is 11.5 Å². The van der Waals surface area contributed by atoms with Gasteiger partial charge in [0, 0.05) is 23.3 Å². The summed E-state index contributed by atoms with van der Waals surface area (Å²) in [4.78, 5) is 12.8. The molecule has 1 aromatic carbocycles. The summed E-state index contributed by atoms with van der Waals surface area (Å²) in [5.74, 6) is 0.904. The molecule has 0 fully saturated rings. The van der Waals surface area contributed by atoms with Crippen LogP contribution < -0.4 is 10.1 Å². The van der Waals surface area contributed by atoms with E-state index >= 15 is 0 Å². The Balaban J connectivity index is 1.85. The maximum absolute atomic E-state index is 9.76. The third kappa shape index (κ3) is 2.92.